The van der Waals surface area contributed by atoms with Gasteiger partial charge in [0, 0.05) is 78.0 Å². The van der Waals surface area contributed by atoms with Crippen molar-refractivity contribution in [1.29, 1.82) is 0 Å². The van der Waals surface area contributed by atoms with Crippen molar-refractivity contribution < 1.29 is 14.3 Å². The lowest BCUT2D eigenvalue weighted by Gasteiger charge is -2.27. The Hall–Kier alpha value is -2.72. The van der Waals surface area contributed by atoms with Crippen molar-refractivity contribution in [3.05, 3.63) is 47.1 Å². The lowest BCUT2D eigenvalue weighted by molar-refractivity contribution is 0.0346. The molecule has 0 bridgehead atoms. The molecule has 1 unspecified atom stereocenters. The highest BCUT2D eigenvalue weighted by Crippen LogP contribution is 2.34. The number of hydrogen-bond acceptors (Lipinski definition) is 6. The fraction of sp³-hybridized carbons (Fsp3) is 0.462. The molecule has 2 amide bonds. The molecule has 2 fully saturated rings. The van der Waals surface area contributed by atoms with Gasteiger partial charge in [0.2, 0.25) is 0 Å². The molecule has 3 aromatic heterocycles. The second kappa shape index (κ2) is 10.1. The average molecular weight is 494 g/mol. The Labute approximate surface area is 208 Å². The molecule has 0 radical (unpaired) electrons. The summed E-state index contributed by atoms with van der Waals surface area (Å²) >= 11 is 1.84. The van der Waals surface area contributed by atoms with Crippen molar-refractivity contribution in [2.45, 2.75) is 25.4 Å². The molecule has 3 aromatic rings. The van der Waals surface area contributed by atoms with Crippen molar-refractivity contribution >= 4 is 34.0 Å². The lowest BCUT2D eigenvalue weighted by atomic mass is 9.99. The van der Waals surface area contributed by atoms with Crippen LogP contribution in [0, 0.1) is 0 Å². The van der Waals surface area contributed by atoms with E-state index in [1.54, 1.807) is 0 Å². The topological polar surface area (TPSA) is 82.7 Å². The third kappa shape index (κ3) is 4.99. The van der Waals surface area contributed by atoms with Crippen LogP contribution in [0.4, 0.5) is 4.79 Å². The smallest absolute Gasteiger partial charge is 0.317 e. The molecule has 8 nitrogen and oxygen atoms in total. The number of fused-ring (bicyclic) bond motifs is 1. The minimum Gasteiger partial charge on any atom is -0.379 e. The van der Waals surface area contributed by atoms with Gasteiger partial charge in [-0.05, 0) is 36.6 Å². The van der Waals surface area contributed by atoms with Crippen LogP contribution in [0.25, 0.3) is 27.0 Å². The predicted octanol–water partition coefficient (Wildman–Crippen LogP) is 3.71. The maximum Gasteiger partial charge on any atom is 0.317 e. The Morgan fingerprint density at radius 1 is 1.20 bits per heavy atom. The third-order valence-corrected chi connectivity index (χ3v) is 8.18. The van der Waals surface area contributed by atoms with E-state index >= 15 is 0 Å². The molecule has 9 heteroatoms. The predicted molar refractivity (Wildman–Crippen MR) is 137 cm³/mol. The van der Waals surface area contributed by atoms with Gasteiger partial charge in [0.15, 0.2) is 0 Å². The molecule has 0 aliphatic carbocycles. The SMILES string of the molecule is O=C(NC1CCOC1)N1CC=C(c2c[nH]c3ncc(-c4ccc(CN5CCOCC5)s4)cc23)CC1. The number of rotatable bonds is 5. The van der Waals surface area contributed by atoms with Crippen molar-refractivity contribution in [2.75, 3.05) is 52.6 Å². The zero-order valence-electron chi connectivity index (χ0n) is 19.8. The Morgan fingerprint density at radius 2 is 2.11 bits per heavy atom. The number of thiophene rings is 1. The quantitative estimate of drug-likeness (QED) is 0.566. The van der Waals surface area contributed by atoms with Gasteiger partial charge in [-0.2, -0.15) is 0 Å². The first-order valence-electron chi connectivity index (χ1n) is 12.4. The number of nitrogens with one attached hydrogen (secondary N) is 2. The number of amides is 2. The molecule has 3 aliphatic heterocycles. The normalized spacial score (nSPS) is 21.4. The molecular formula is C26H31N5O3S. The number of aromatic nitrogens is 2. The molecule has 35 heavy (non-hydrogen) atoms. The summed E-state index contributed by atoms with van der Waals surface area (Å²) < 4.78 is 10.8. The van der Waals surface area contributed by atoms with Gasteiger partial charge in [0.25, 0.3) is 0 Å². The van der Waals surface area contributed by atoms with Crippen LogP contribution < -0.4 is 5.32 Å². The van der Waals surface area contributed by atoms with Gasteiger partial charge < -0.3 is 24.7 Å². The summed E-state index contributed by atoms with van der Waals surface area (Å²) in [5, 5.41) is 4.23. The maximum atomic E-state index is 12.6. The van der Waals surface area contributed by atoms with Crippen LogP contribution in [0.15, 0.2) is 36.7 Å². The first kappa shape index (κ1) is 22.7. The summed E-state index contributed by atoms with van der Waals surface area (Å²) in [6.07, 6.45) is 7.91. The second-order valence-electron chi connectivity index (χ2n) is 9.41. The number of ether oxygens (including phenoxy) is 2. The van der Waals surface area contributed by atoms with Gasteiger partial charge in [0.1, 0.15) is 5.65 Å². The molecule has 0 saturated carbocycles. The van der Waals surface area contributed by atoms with E-state index in [0.29, 0.717) is 19.7 Å². The third-order valence-electron chi connectivity index (χ3n) is 7.06. The first-order valence-corrected chi connectivity index (χ1v) is 13.2. The number of carbonyl (C=O) groups is 1. The number of H-pyrrole nitrogens is 1. The summed E-state index contributed by atoms with van der Waals surface area (Å²) in [6, 6.07) is 6.83. The average Bonchev–Trinajstić information content (AvgIpc) is 3.66. The van der Waals surface area contributed by atoms with Gasteiger partial charge in [0.05, 0.1) is 25.9 Å². The van der Waals surface area contributed by atoms with E-state index in [2.05, 4.69) is 45.7 Å². The van der Waals surface area contributed by atoms with Crippen LogP contribution in [0.2, 0.25) is 0 Å². The number of nitrogens with zero attached hydrogens (tertiary/aromatic N) is 3. The molecule has 0 aromatic carbocycles. The summed E-state index contributed by atoms with van der Waals surface area (Å²) in [5.74, 6) is 0. The van der Waals surface area contributed by atoms with Crippen LogP contribution in [0.3, 0.4) is 0 Å². The zero-order valence-corrected chi connectivity index (χ0v) is 20.6. The fourth-order valence-electron chi connectivity index (χ4n) is 5.01. The minimum absolute atomic E-state index is 0.00394. The largest absolute Gasteiger partial charge is 0.379 e. The summed E-state index contributed by atoms with van der Waals surface area (Å²) in [6.45, 7) is 7.28. The highest BCUT2D eigenvalue weighted by atomic mass is 32.1. The molecule has 2 saturated heterocycles. The van der Waals surface area contributed by atoms with Crippen LogP contribution >= 0.6 is 11.3 Å². The molecule has 184 valence electrons. The van der Waals surface area contributed by atoms with Crippen molar-refractivity contribution in [1.82, 2.24) is 25.1 Å². The van der Waals surface area contributed by atoms with Crippen molar-refractivity contribution in [3.63, 3.8) is 0 Å². The Morgan fingerprint density at radius 3 is 2.91 bits per heavy atom. The highest BCUT2D eigenvalue weighted by Gasteiger charge is 2.24. The first-order chi connectivity index (χ1) is 17.2. The van der Waals surface area contributed by atoms with Crippen LogP contribution in [0.1, 0.15) is 23.3 Å². The monoisotopic (exact) mass is 493 g/mol. The van der Waals surface area contributed by atoms with E-state index in [1.165, 1.54) is 20.9 Å². The number of carbonyl (C=O) groups excluding carboxylic acids is 1. The lowest BCUT2D eigenvalue weighted by Crippen LogP contribution is -2.46. The van der Waals surface area contributed by atoms with Crippen molar-refractivity contribution in [2.24, 2.45) is 0 Å². The van der Waals surface area contributed by atoms with E-state index < -0.39 is 0 Å². The number of aromatic amines is 1. The Balaban J connectivity index is 1.16. The van der Waals surface area contributed by atoms with E-state index in [-0.39, 0.29) is 12.1 Å². The van der Waals surface area contributed by atoms with Gasteiger partial charge in [-0.25, -0.2) is 9.78 Å². The molecular weight excluding hydrogens is 462 g/mol. The minimum atomic E-state index is 0.00394. The molecule has 1 atom stereocenters. The van der Waals surface area contributed by atoms with Crippen LogP contribution in [-0.4, -0.2) is 84.4 Å². The van der Waals surface area contributed by atoms with E-state index in [9.17, 15) is 4.79 Å². The van der Waals surface area contributed by atoms with Crippen LogP contribution in [0.5, 0.6) is 0 Å². The summed E-state index contributed by atoms with van der Waals surface area (Å²) in [7, 11) is 0. The standard InChI is InChI=1S/C26H31N5O3S/c32-26(29-20-5-10-34-17-20)31-6-3-18(4-7-31)23-15-28-25-22(23)13-19(14-27-25)24-2-1-21(35-24)16-30-8-11-33-12-9-30/h1-3,13-15,20H,4-12,16-17H2,(H,27,28)(H,29,32). The molecule has 2 N–H and O–H groups in total. The zero-order chi connectivity index (χ0) is 23.6. The fourth-order valence-corrected chi connectivity index (χ4v) is 6.05. The van der Waals surface area contributed by atoms with E-state index in [0.717, 1.165) is 68.9 Å². The number of urea groups is 1. The van der Waals surface area contributed by atoms with Gasteiger partial charge >= 0.3 is 6.03 Å². The van der Waals surface area contributed by atoms with Crippen molar-refractivity contribution in [3.8, 4) is 10.4 Å². The molecule has 6 heterocycles. The number of hydrogen-bond donors (Lipinski definition) is 2. The van der Waals surface area contributed by atoms with E-state index in [4.69, 9.17) is 14.5 Å². The number of morpholine rings is 1. The van der Waals surface area contributed by atoms with Gasteiger partial charge in [-0.15, -0.1) is 11.3 Å². The van der Waals surface area contributed by atoms with Crippen LogP contribution in [-0.2, 0) is 16.0 Å². The summed E-state index contributed by atoms with van der Waals surface area (Å²) in [4.78, 5) is 27.6. The Kier molecular flexibility index (Phi) is 6.56. The van der Waals surface area contributed by atoms with Gasteiger partial charge in [-0.1, -0.05) is 6.08 Å². The second-order valence-corrected chi connectivity index (χ2v) is 10.6. The molecule has 3 aliphatic rings. The van der Waals surface area contributed by atoms with E-state index in [1.807, 2.05) is 22.4 Å². The highest BCUT2D eigenvalue weighted by molar-refractivity contribution is 7.15. The molecule has 6 rings (SSSR count). The Bertz CT molecular complexity index is 1220. The summed E-state index contributed by atoms with van der Waals surface area (Å²) in [5.41, 5.74) is 4.50. The maximum absolute atomic E-state index is 12.6. The molecule has 0 spiro atoms. The van der Waals surface area contributed by atoms with Gasteiger partial charge in [-0.3, -0.25) is 4.90 Å². The number of pyridine rings is 1.